The third-order valence-electron chi connectivity index (χ3n) is 0.244. The van der Waals surface area contributed by atoms with Gasteiger partial charge in [0.1, 0.15) is 0 Å². The molecule has 3 N–H and O–H groups in total. The predicted octanol–water partition coefficient (Wildman–Crippen LogP) is -0.857. The summed E-state index contributed by atoms with van der Waals surface area (Å²) in [5, 5.41) is 0. The van der Waals surface area contributed by atoms with E-state index in [0.29, 0.717) is 5.96 Å². The standard InChI is InChI=1S/CH5N3P.Cr/c2-1(3)4-5;/h5H2,(H3-,2,3,4);/q-1;+1. The summed E-state index contributed by atoms with van der Waals surface area (Å²) >= 11 is 2.47. The summed E-state index contributed by atoms with van der Waals surface area (Å²) in [5.74, 6) is 0.375. The number of nitrogens with one attached hydrogen (secondary N) is 1. The van der Waals surface area contributed by atoms with E-state index in [4.69, 9.17) is 5.73 Å². The number of nitrogens with two attached hydrogens (primary N) is 1. The summed E-state index contributed by atoms with van der Waals surface area (Å²) in [6.45, 7) is 0. The monoisotopic (exact) mass is 142 g/mol. The zero-order valence-corrected chi connectivity index (χ0v) is 5.44. The fourth-order valence-corrected chi connectivity index (χ4v) is 0.326. The Balaban J connectivity index is 3.22. The van der Waals surface area contributed by atoms with Crippen molar-refractivity contribution in [3.05, 3.63) is 0 Å². The first-order valence-corrected chi connectivity index (χ1v) is 2.38. The molecule has 0 spiro atoms. The Morgan fingerprint density at radius 1 is 2.00 bits per heavy atom. The number of nitrogens with zero attached hydrogens (tertiary/aromatic N) is 1. The minimum atomic E-state index is 0.375. The van der Waals surface area contributed by atoms with Crippen LogP contribution in [-0.4, -0.2) is 5.96 Å². The van der Waals surface area contributed by atoms with Gasteiger partial charge in [0.05, 0.1) is 0 Å². The molecule has 0 aromatic rings. The Labute approximate surface area is 47.3 Å². The first kappa shape index (κ1) is 6.23. The molecule has 0 saturated heterocycles. The van der Waals surface area contributed by atoms with Crippen molar-refractivity contribution >= 4 is 15.4 Å². The van der Waals surface area contributed by atoms with Crippen LogP contribution in [0, 0.1) is 0 Å². The Hall–Kier alpha value is 0.232. The first-order valence-electron chi connectivity index (χ1n) is 1.22. The molecule has 35 valence electrons. The van der Waals surface area contributed by atoms with E-state index in [1.54, 1.807) is 0 Å². The molecule has 6 heavy (non-hydrogen) atoms. The van der Waals surface area contributed by atoms with Gasteiger partial charge in [-0.25, -0.2) is 0 Å². The quantitative estimate of drug-likeness (QED) is 0.263. The van der Waals surface area contributed by atoms with E-state index < -0.39 is 0 Å². The van der Waals surface area contributed by atoms with Gasteiger partial charge in [0.15, 0.2) is 0 Å². The van der Waals surface area contributed by atoms with Crippen LogP contribution in [0.25, 0.3) is 0 Å². The van der Waals surface area contributed by atoms with Gasteiger partial charge in [0.25, 0.3) is 0 Å². The number of hydrogen-bond acceptors (Lipinski definition) is 1. The van der Waals surface area contributed by atoms with Crippen LogP contribution in [-0.2, 0) is 16.5 Å². The number of hydrogen-bond donors (Lipinski definition) is 2. The summed E-state index contributed by atoms with van der Waals surface area (Å²) in [5.41, 5.74) is 5.06. The molecular formula is CH5CrN3P. The predicted molar refractivity (Wildman–Crippen MR) is 24.5 cm³/mol. The van der Waals surface area contributed by atoms with Gasteiger partial charge < -0.3 is 0 Å². The van der Waals surface area contributed by atoms with Crippen LogP contribution in [0.4, 0.5) is 0 Å². The Bertz CT molecular complexity index is 61.8. The summed E-state index contributed by atoms with van der Waals surface area (Å²) in [7, 11) is 2.12. The van der Waals surface area contributed by atoms with Crippen molar-refractivity contribution in [2.45, 2.75) is 0 Å². The maximum atomic E-state index is 5.06. The summed E-state index contributed by atoms with van der Waals surface area (Å²) in [6.07, 6.45) is 0. The molecule has 0 rings (SSSR count). The summed E-state index contributed by atoms with van der Waals surface area (Å²) in [6, 6.07) is 0. The van der Waals surface area contributed by atoms with E-state index in [1.807, 2.05) is 0 Å². The molecule has 0 amide bonds. The molecule has 1 atom stereocenters. The van der Waals surface area contributed by atoms with Gasteiger partial charge in [-0.05, 0) is 0 Å². The molecule has 0 bridgehead atoms. The van der Waals surface area contributed by atoms with Gasteiger partial charge in [-0.2, -0.15) is 0 Å². The van der Waals surface area contributed by atoms with Crippen molar-refractivity contribution in [1.29, 1.82) is 0 Å². The third-order valence-corrected chi connectivity index (χ3v) is 0.848. The van der Waals surface area contributed by atoms with Crippen molar-refractivity contribution in [2.24, 2.45) is 10.5 Å². The molecule has 0 aromatic carbocycles. The van der Waals surface area contributed by atoms with Crippen LogP contribution < -0.4 is 10.0 Å². The van der Waals surface area contributed by atoms with Gasteiger partial charge in [0, 0.05) is 0 Å². The molecule has 3 nitrogen and oxygen atoms in total. The number of rotatable bonds is 0. The normalized spacial score (nSPS) is 11.2. The molecule has 0 saturated carbocycles. The van der Waals surface area contributed by atoms with Crippen molar-refractivity contribution in [3.63, 3.8) is 0 Å². The molecule has 0 aliphatic heterocycles. The Kier molecular flexibility index (Phi) is 3.56. The average Bonchev–Trinajstić information content (AvgIpc) is 1.65. The molecule has 0 aliphatic rings. The van der Waals surface area contributed by atoms with Gasteiger partial charge in [0.2, 0.25) is 0 Å². The van der Waals surface area contributed by atoms with E-state index >= 15 is 0 Å². The van der Waals surface area contributed by atoms with E-state index in [9.17, 15) is 0 Å². The summed E-state index contributed by atoms with van der Waals surface area (Å²) < 4.78 is 5.97. The summed E-state index contributed by atoms with van der Waals surface area (Å²) in [4.78, 5) is 0. The van der Waals surface area contributed by atoms with Crippen LogP contribution in [0.5, 0.6) is 0 Å². The van der Waals surface area contributed by atoms with Gasteiger partial charge >= 0.3 is 46.7 Å². The molecule has 0 aromatic heterocycles. The molecule has 0 heterocycles. The minimum absolute atomic E-state index is 0.375. The average molecular weight is 142 g/mol. The van der Waals surface area contributed by atoms with Gasteiger partial charge in [-0.3, -0.25) is 0 Å². The molecule has 0 aliphatic carbocycles. The Morgan fingerprint density at radius 3 is 2.50 bits per heavy atom. The first-order chi connectivity index (χ1) is 2.81. The van der Waals surface area contributed by atoms with Crippen LogP contribution in [0.2, 0.25) is 0 Å². The van der Waals surface area contributed by atoms with Crippen LogP contribution in [0.3, 0.4) is 0 Å². The van der Waals surface area contributed by atoms with Crippen molar-refractivity contribution < 1.29 is 16.5 Å². The topological polar surface area (TPSA) is 50.4 Å². The molecule has 1 unspecified atom stereocenters. The molecule has 0 fully saturated rings. The maximum absolute atomic E-state index is 5.06. The third kappa shape index (κ3) is 2.47. The molecule has 0 radical (unpaired) electrons. The van der Waals surface area contributed by atoms with Crippen molar-refractivity contribution in [1.82, 2.24) is 4.30 Å². The van der Waals surface area contributed by atoms with Crippen molar-refractivity contribution in [3.8, 4) is 0 Å². The SMILES string of the molecule is NC(=NP)[NH][Cr]. The van der Waals surface area contributed by atoms with Crippen molar-refractivity contribution in [2.75, 3.05) is 0 Å². The Morgan fingerprint density at radius 2 is 2.50 bits per heavy atom. The zero-order valence-electron chi connectivity index (χ0n) is 3.01. The van der Waals surface area contributed by atoms with E-state index in [1.165, 1.54) is 0 Å². The van der Waals surface area contributed by atoms with E-state index in [-0.39, 0.29) is 0 Å². The second-order valence-electron chi connectivity index (χ2n) is 0.616. The molecular weight excluding hydrogens is 137 g/mol. The van der Waals surface area contributed by atoms with Gasteiger partial charge in [-0.1, -0.05) is 0 Å². The molecule has 5 heteroatoms. The zero-order chi connectivity index (χ0) is 4.99. The van der Waals surface area contributed by atoms with Crippen LogP contribution >= 0.6 is 9.39 Å². The van der Waals surface area contributed by atoms with Gasteiger partial charge in [-0.15, -0.1) is 0 Å². The van der Waals surface area contributed by atoms with Crippen LogP contribution in [0.1, 0.15) is 0 Å². The fourth-order valence-electron chi connectivity index (χ4n) is 0.0264. The second-order valence-corrected chi connectivity index (χ2v) is 1.19. The second kappa shape index (κ2) is 3.42. The van der Waals surface area contributed by atoms with Crippen LogP contribution in [0.15, 0.2) is 4.76 Å². The number of guanidine groups is 1. The fraction of sp³-hybridized carbons (Fsp3) is 0. The van der Waals surface area contributed by atoms with E-state index in [0.717, 1.165) is 0 Å². The van der Waals surface area contributed by atoms with E-state index in [2.05, 4.69) is 35.0 Å².